The van der Waals surface area contributed by atoms with Crippen molar-refractivity contribution in [3.05, 3.63) is 35.0 Å². The molecule has 1 heterocycles. The lowest BCUT2D eigenvalue weighted by atomic mass is 10.0. The third-order valence-corrected chi connectivity index (χ3v) is 3.71. The zero-order valence-corrected chi connectivity index (χ0v) is 12.6. The van der Waals surface area contributed by atoms with E-state index in [2.05, 4.69) is 49.3 Å². The van der Waals surface area contributed by atoms with E-state index in [-0.39, 0.29) is 6.61 Å². The summed E-state index contributed by atoms with van der Waals surface area (Å²) in [6.45, 7) is 7.16. The van der Waals surface area contributed by atoms with Gasteiger partial charge in [-0.25, -0.2) is 4.68 Å². The number of aliphatic hydroxyl groups is 1. The summed E-state index contributed by atoms with van der Waals surface area (Å²) >= 11 is 0. The van der Waals surface area contributed by atoms with Gasteiger partial charge in [0.25, 0.3) is 0 Å². The summed E-state index contributed by atoms with van der Waals surface area (Å²) in [5, 5.41) is 17.8. The molecule has 20 heavy (non-hydrogen) atoms. The maximum atomic E-state index is 9.47. The van der Waals surface area contributed by atoms with Crippen molar-refractivity contribution in [1.82, 2.24) is 15.0 Å². The van der Waals surface area contributed by atoms with Crippen LogP contribution in [0.3, 0.4) is 0 Å². The van der Waals surface area contributed by atoms with Crippen LogP contribution in [0.25, 0.3) is 11.3 Å². The molecule has 4 heteroatoms. The van der Waals surface area contributed by atoms with E-state index < -0.39 is 0 Å². The summed E-state index contributed by atoms with van der Waals surface area (Å²) in [7, 11) is 0. The summed E-state index contributed by atoms with van der Waals surface area (Å²) < 4.78 is 1.92. The monoisotopic (exact) mass is 273 g/mol. The minimum Gasteiger partial charge on any atom is -0.390 e. The molecule has 1 N–H and O–H groups in total. The molecule has 0 amide bonds. The van der Waals surface area contributed by atoms with Gasteiger partial charge in [-0.3, -0.25) is 0 Å². The standard InChI is InChI=1S/C16H23N3O/c1-4-5-6-9-19-16(15(11-20)17-18-19)14-8-7-12(2)13(3)10-14/h7-8,10,20H,4-6,9,11H2,1-3H3. The molecule has 108 valence electrons. The number of nitrogens with zero attached hydrogens (tertiary/aromatic N) is 3. The molecule has 1 aromatic carbocycles. The maximum Gasteiger partial charge on any atom is 0.116 e. The fourth-order valence-electron chi connectivity index (χ4n) is 2.33. The van der Waals surface area contributed by atoms with E-state index in [1.54, 1.807) is 0 Å². The normalized spacial score (nSPS) is 11.0. The molecular weight excluding hydrogens is 250 g/mol. The van der Waals surface area contributed by atoms with Gasteiger partial charge in [-0.2, -0.15) is 0 Å². The van der Waals surface area contributed by atoms with Crippen LogP contribution in [0.5, 0.6) is 0 Å². The number of unbranched alkanes of at least 4 members (excludes halogenated alkanes) is 2. The largest absolute Gasteiger partial charge is 0.390 e. The van der Waals surface area contributed by atoms with Crippen molar-refractivity contribution < 1.29 is 5.11 Å². The molecule has 2 rings (SSSR count). The molecule has 0 aliphatic rings. The number of benzene rings is 1. The van der Waals surface area contributed by atoms with E-state index in [9.17, 15) is 5.11 Å². The van der Waals surface area contributed by atoms with Crippen molar-refractivity contribution in [2.45, 2.75) is 53.2 Å². The third-order valence-electron chi connectivity index (χ3n) is 3.71. The first-order chi connectivity index (χ1) is 9.67. The third kappa shape index (κ3) is 3.07. The van der Waals surface area contributed by atoms with E-state index in [1.807, 2.05) is 4.68 Å². The van der Waals surface area contributed by atoms with Crippen LogP contribution in [0.1, 0.15) is 43.0 Å². The van der Waals surface area contributed by atoms with Crippen LogP contribution in [0.4, 0.5) is 0 Å². The van der Waals surface area contributed by atoms with Gasteiger partial charge in [0, 0.05) is 12.1 Å². The number of hydrogen-bond donors (Lipinski definition) is 1. The molecule has 0 fully saturated rings. The van der Waals surface area contributed by atoms with E-state index in [0.29, 0.717) is 5.69 Å². The van der Waals surface area contributed by atoms with Gasteiger partial charge in [-0.15, -0.1) is 5.10 Å². The lowest BCUT2D eigenvalue weighted by Gasteiger charge is -2.09. The van der Waals surface area contributed by atoms with Crippen LogP contribution in [-0.4, -0.2) is 20.1 Å². The van der Waals surface area contributed by atoms with Crippen LogP contribution < -0.4 is 0 Å². The average molecular weight is 273 g/mol. The van der Waals surface area contributed by atoms with E-state index in [1.165, 1.54) is 24.0 Å². The second-order valence-electron chi connectivity index (χ2n) is 5.27. The van der Waals surface area contributed by atoms with Gasteiger partial charge in [0.15, 0.2) is 0 Å². The van der Waals surface area contributed by atoms with Gasteiger partial charge in [-0.1, -0.05) is 37.1 Å². The van der Waals surface area contributed by atoms with Crippen LogP contribution in [0, 0.1) is 13.8 Å². The Labute approximate surface area is 120 Å². The molecule has 0 radical (unpaired) electrons. The van der Waals surface area contributed by atoms with Crippen LogP contribution >= 0.6 is 0 Å². The van der Waals surface area contributed by atoms with Gasteiger partial charge >= 0.3 is 0 Å². The first-order valence-corrected chi connectivity index (χ1v) is 7.28. The van der Waals surface area contributed by atoms with Crippen molar-refractivity contribution in [2.24, 2.45) is 0 Å². The molecule has 0 bridgehead atoms. The Kier molecular flexibility index (Phi) is 4.90. The van der Waals surface area contributed by atoms with Crippen molar-refractivity contribution in [1.29, 1.82) is 0 Å². The molecule has 2 aromatic rings. The maximum absolute atomic E-state index is 9.47. The Bertz CT molecular complexity index is 575. The lowest BCUT2D eigenvalue weighted by Crippen LogP contribution is -2.03. The number of aliphatic hydroxyl groups excluding tert-OH is 1. The molecule has 0 unspecified atom stereocenters. The predicted octanol–water partition coefficient (Wildman–Crippen LogP) is 3.24. The highest BCUT2D eigenvalue weighted by molar-refractivity contribution is 5.63. The van der Waals surface area contributed by atoms with E-state index in [0.717, 1.165) is 24.2 Å². The van der Waals surface area contributed by atoms with Gasteiger partial charge in [0.1, 0.15) is 5.69 Å². The van der Waals surface area contributed by atoms with Crippen LogP contribution in [0.2, 0.25) is 0 Å². The van der Waals surface area contributed by atoms with Gasteiger partial charge in [0.05, 0.1) is 12.3 Å². The number of aryl methyl sites for hydroxylation is 3. The summed E-state index contributed by atoms with van der Waals surface area (Å²) in [5.41, 5.74) is 5.20. The summed E-state index contributed by atoms with van der Waals surface area (Å²) in [6, 6.07) is 6.33. The number of aromatic nitrogens is 3. The van der Waals surface area contributed by atoms with Crippen molar-refractivity contribution in [3.63, 3.8) is 0 Å². The molecule has 4 nitrogen and oxygen atoms in total. The lowest BCUT2D eigenvalue weighted by molar-refractivity contribution is 0.277. The topological polar surface area (TPSA) is 50.9 Å². The highest BCUT2D eigenvalue weighted by Crippen LogP contribution is 2.25. The minimum atomic E-state index is -0.0734. The first kappa shape index (κ1) is 14.7. The molecule has 0 aliphatic heterocycles. The molecule has 0 atom stereocenters. The first-order valence-electron chi connectivity index (χ1n) is 7.28. The van der Waals surface area contributed by atoms with Crippen LogP contribution in [0.15, 0.2) is 18.2 Å². The van der Waals surface area contributed by atoms with E-state index >= 15 is 0 Å². The molecule has 0 saturated carbocycles. The highest BCUT2D eigenvalue weighted by atomic mass is 16.3. The van der Waals surface area contributed by atoms with Gasteiger partial charge in [0.2, 0.25) is 0 Å². The fourth-order valence-corrected chi connectivity index (χ4v) is 2.33. The predicted molar refractivity (Wildman–Crippen MR) is 80.4 cm³/mol. The summed E-state index contributed by atoms with van der Waals surface area (Å²) in [6.07, 6.45) is 3.45. The Morgan fingerprint density at radius 3 is 2.60 bits per heavy atom. The summed E-state index contributed by atoms with van der Waals surface area (Å²) in [5.74, 6) is 0. The molecular formula is C16H23N3O. The van der Waals surface area contributed by atoms with E-state index in [4.69, 9.17) is 0 Å². The number of hydrogen-bond acceptors (Lipinski definition) is 3. The van der Waals surface area contributed by atoms with Gasteiger partial charge < -0.3 is 5.11 Å². The zero-order chi connectivity index (χ0) is 14.5. The zero-order valence-electron chi connectivity index (χ0n) is 12.6. The second kappa shape index (κ2) is 6.66. The smallest absolute Gasteiger partial charge is 0.116 e. The molecule has 0 saturated heterocycles. The van der Waals surface area contributed by atoms with Crippen molar-refractivity contribution in [2.75, 3.05) is 0 Å². The number of rotatable bonds is 6. The van der Waals surface area contributed by atoms with Gasteiger partial charge in [-0.05, 0) is 37.5 Å². The van der Waals surface area contributed by atoms with Crippen LogP contribution in [-0.2, 0) is 13.2 Å². The highest BCUT2D eigenvalue weighted by Gasteiger charge is 2.14. The minimum absolute atomic E-state index is 0.0734. The Hall–Kier alpha value is -1.68. The van der Waals surface area contributed by atoms with Crippen molar-refractivity contribution >= 4 is 0 Å². The molecule has 1 aromatic heterocycles. The molecule has 0 spiro atoms. The average Bonchev–Trinajstić information content (AvgIpc) is 2.85. The fraction of sp³-hybridized carbons (Fsp3) is 0.500. The Morgan fingerprint density at radius 2 is 1.95 bits per heavy atom. The molecule has 0 aliphatic carbocycles. The quantitative estimate of drug-likeness (QED) is 0.822. The Morgan fingerprint density at radius 1 is 1.15 bits per heavy atom. The Balaban J connectivity index is 2.36. The second-order valence-corrected chi connectivity index (χ2v) is 5.27. The van der Waals surface area contributed by atoms with Crippen molar-refractivity contribution in [3.8, 4) is 11.3 Å². The summed E-state index contributed by atoms with van der Waals surface area (Å²) in [4.78, 5) is 0. The SMILES string of the molecule is CCCCCn1nnc(CO)c1-c1ccc(C)c(C)c1.